The number of rotatable bonds is 5. The first-order valence-electron chi connectivity index (χ1n) is 9.61. The van der Waals surface area contributed by atoms with Crippen LogP contribution in [0, 0.1) is 0 Å². The van der Waals surface area contributed by atoms with E-state index in [2.05, 4.69) is 19.6 Å². The number of carbonyl (C=O) groups excluding carboxylic acids is 1. The van der Waals surface area contributed by atoms with Crippen molar-refractivity contribution in [3.63, 3.8) is 0 Å². The zero-order chi connectivity index (χ0) is 21.8. The monoisotopic (exact) mass is 457 g/mol. The lowest BCUT2D eigenvalue weighted by Crippen LogP contribution is -2.49. The molecule has 1 N–H and O–H groups in total. The topological polar surface area (TPSA) is 95.5 Å². The van der Waals surface area contributed by atoms with Crippen LogP contribution in [0.15, 0.2) is 72.0 Å². The van der Waals surface area contributed by atoms with Gasteiger partial charge in [-0.15, -0.1) is 0 Å². The molecule has 0 bridgehead atoms. The molecule has 1 aliphatic rings. The van der Waals surface area contributed by atoms with Crippen LogP contribution in [-0.2, 0) is 10.0 Å². The standard InChI is InChI=1S/C21H20ClN5O3S/c22-17-3-6-20(24-15-17)26-11-13-27(14-12-26)21(28)16-1-4-19(5-2-16)31(29,30)25-18-7-9-23-10-8-18/h1-10,15H,11-14H2,(H,23,25). The van der Waals surface area contributed by atoms with Crippen molar-refractivity contribution in [3.8, 4) is 0 Å². The maximum atomic E-state index is 12.8. The number of aromatic nitrogens is 2. The van der Waals surface area contributed by atoms with Crippen LogP contribution in [0.4, 0.5) is 11.5 Å². The number of nitrogens with zero attached hydrogens (tertiary/aromatic N) is 4. The van der Waals surface area contributed by atoms with Gasteiger partial charge in [0.1, 0.15) is 5.82 Å². The smallest absolute Gasteiger partial charge is 0.261 e. The van der Waals surface area contributed by atoms with Crippen molar-refractivity contribution in [1.29, 1.82) is 0 Å². The Morgan fingerprint density at radius 3 is 2.23 bits per heavy atom. The molecule has 31 heavy (non-hydrogen) atoms. The summed E-state index contributed by atoms with van der Waals surface area (Å²) in [4.78, 5) is 25.0. The van der Waals surface area contributed by atoms with Gasteiger partial charge >= 0.3 is 0 Å². The zero-order valence-electron chi connectivity index (χ0n) is 16.5. The summed E-state index contributed by atoms with van der Waals surface area (Å²) in [6.07, 6.45) is 4.61. The fourth-order valence-electron chi connectivity index (χ4n) is 3.29. The summed E-state index contributed by atoms with van der Waals surface area (Å²) in [5.74, 6) is 0.697. The average molecular weight is 458 g/mol. The first-order chi connectivity index (χ1) is 14.9. The van der Waals surface area contributed by atoms with Gasteiger partial charge in [-0.3, -0.25) is 14.5 Å². The highest BCUT2D eigenvalue weighted by atomic mass is 35.5. The Labute approximate surface area is 185 Å². The fourth-order valence-corrected chi connectivity index (χ4v) is 4.46. The number of benzene rings is 1. The van der Waals surface area contributed by atoms with Crippen LogP contribution >= 0.6 is 11.6 Å². The summed E-state index contributed by atoms with van der Waals surface area (Å²) < 4.78 is 27.5. The van der Waals surface area contributed by atoms with Gasteiger partial charge in [-0.2, -0.15) is 0 Å². The van der Waals surface area contributed by atoms with E-state index < -0.39 is 10.0 Å². The summed E-state index contributed by atoms with van der Waals surface area (Å²) in [6.45, 7) is 2.41. The average Bonchev–Trinajstić information content (AvgIpc) is 2.80. The third-order valence-electron chi connectivity index (χ3n) is 4.95. The molecule has 160 valence electrons. The minimum atomic E-state index is -3.75. The van der Waals surface area contributed by atoms with Crippen LogP contribution in [0.1, 0.15) is 10.4 Å². The van der Waals surface area contributed by atoms with Crippen LogP contribution in [0.5, 0.6) is 0 Å². The molecule has 8 nitrogen and oxygen atoms in total. The molecule has 0 spiro atoms. The molecule has 3 aromatic rings. The molecule has 3 heterocycles. The second kappa shape index (κ2) is 8.91. The lowest BCUT2D eigenvalue weighted by Gasteiger charge is -2.35. The van der Waals surface area contributed by atoms with Gasteiger partial charge in [0.25, 0.3) is 15.9 Å². The van der Waals surface area contributed by atoms with E-state index in [0.717, 1.165) is 5.82 Å². The number of amides is 1. The van der Waals surface area contributed by atoms with Crippen molar-refractivity contribution in [3.05, 3.63) is 77.7 Å². The van der Waals surface area contributed by atoms with Crippen molar-refractivity contribution in [2.45, 2.75) is 4.90 Å². The number of hydrogen-bond donors (Lipinski definition) is 1. The van der Waals surface area contributed by atoms with Gasteiger partial charge in [-0.1, -0.05) is 11.6 Å². The molecule has 0 aliphatic carbocycles. The number of halogens is 1. The Morgan fingerprint density at radius 1 is 0.935 bits per heavy atom. The van der Waals surface area contributed by atoms with Gasteiger partial charge in [0, 0.05) is 50.3 Å². The molecule has 0 atom stereocenters. The molecule has 1 fully saturated rings. The van der Waals surface area contributed by atoms with E-state index in [1.54, 1.807) is 29.3 Å². The van der Waals surface area contributed by atoms with E-state index >= 15 is 0 Å². The second-order valence-electron chi connectivity index (χ2n) is 6.98. The van der Waals surface area contributed by atoms with Crippen molar-refractivity contribution >= 4 is 39.0 Å². The van der Waals surface area contributed by atoms with Gasteiger partial charge in [-0.05, 0) is 48.5 Å². The normalized spacial score (nSPS) is 14.4. The van der Waals surface area contributed by atoms with E-state index in [9.17, 15) is 13.2 Å². The summed E-state index contributed by atoms with van der Waals surface area (Å²) in [5, 5.41) is 0.582. The first kappa shape index (κ1) is 21.1. The maximum Gasteiger partial charge on any atom is 0.261 e. The minimum Gasteiger partial charge on any atom is -0.353 e. The zero-order valence-corrected chi connectivity index (χ0v) is 18.1. The molecule has 10 heteroatoms. The summed E-state index contributed by atoms with van der Waals surface area (Å²) >= 11 is 5.88. The summed E-state index contributed by atoms with van der Waals surface area (Å²) in [6, 6.07) is 12.7. The SMILES string of the molecule is O=C(c1ccc(S(=O)(=O)Nc2ccncc2)cc1)N1CCN(c2ccc(Cl)cn2)CC1. The van der Waals surface area contributed by atoms with Crippen LogP contribution in [0.25, 0.3) is 0 Å². The van der Waals surface area contributed by atoms with Crippen LogP contribution in [-0.4, -0.2) is 55.4 Å². The lowest BCUT2D eigenvalue weighted by molar-refractivity contribution is 0.0746. The quantitative estimate of drug-likeness (QED) is 0.633. The number of hydrogen-bond acceptors (Lipinski definition) is 6. The van der Waals surface area contributed by atoms with Crippen molar-refractivity contribution < 1.29 is 13.2 Å². The number of carbonyl (C=O) groups is 1. The molecule has 1 amide bonds. The van der Waals surface area contributed by atoms with E-state index in [4.69, 9.17) is 11.6 Å². The molecule has 2 aromatic heterocycles. The van der Waals surface area contributed by atoms with E-state index in [1.807, 2.05) is 6.07 Å². The third-order valence-corrected chi connectivity index (χ3v) is 6.57. The van der Waals surface area contributed by atoms with Crippen LogP contribution in [0.2, 0.25) is 5.02 Å². The van der Waals surface area contributed by atoms with Crippen molar-refractivity contribution in [2.24, 2.45) is 0 Å². The Balaban J connectivity index is 1.39. The molecule has 0 saturated carbocycles. The third kappa shape index (κ3) is 4.95. The highest BCUT2D eigenvalue weighted by Crippen LogP contribution is 2.19. The molecule has 1 aliphatic heterocycles. The van der Waals surface area contributed by atoms with Gasteiger partial charge in [0.15, 0.2) is 0 Å². The van der Waals surface area contributed by atoms with Crippen LogP contribution in [0.3, 0.4) is 0 Å². The summed E-state index contributed by atoms with van der Waals surface area (Å²) in [5.41, 5.74) is 0.865. The second-order valence-corrected chi connectivity index (χ2v) is 9.10. The largest absolute Gasteiger partial charge is 0.353 e. The number of nitrogens with one attached hydrogen (secondary N) is 1. The number of pyridine rings is 2. The van der Waals surface area contributed by atoms with E-state index in [0.29, 0.717) is 42.5 Å². The lowest BCUT2D eigenvalue weighted by atomic mass is 10.2. The van der Waals surface area contributed by atoms with Crippen molar-refractivity contribution in [2.75, 3.05) is 35.8 Å². The Kier molecular flexibility index (Phi) is 6.06. The highest BCUT2D eigenvalue weighted by Gasteiger charge is 2.23. The van der Waals surface area contributed by atoms with Gasteiger partial charge in [0.2, 0.25) is 0 Å². The van der Waals surface area contributed by atoms with Crippen molar-refractivity contribution in [1.82, 2.24) is 14.9 Å². The van der Waals surface area contributed by atoms with Crippen LogP contribution < -0.4 is 9.62 Å². The number of anilines is 2. The molecule has 1 saturated heterocycles. The van der Waals surface area contributed by atoms with Gasteiger partial charge < -0.3 is 9.80 Å². The Morgan fingerprint density at radius 2 is 1.61 bits per heavy atom. The maximum absolute atomic E-state index is 12.8. The molecular weight excluding hydrogens is 438 g/mol. The number of piperazine rings is 1. The Hall–Kier alpha value is -3.17. The molecular formula is C21H20ClN5O3S. The molecule has 0 unspecified atom stereocenters. The summed E-state index contributed by atoms with van der Waals surface area (Å²) in [7, 11) is -3.75. The minimum absolute atomic E-state index is 0.0829. The number of sulfonamides is 1. The Bertz CT molecular complexity index is 1150. The van der Waals surface area contributed by atoms with E-state index in [-0.39, 0.29) is 10.8 Å². The molecule has 4 rings (SSSR count). The predicted octanol–water partition coefficient (Wildman–Crippen LogP) is 2.89. The van der Waals surface area contributed by atoms with Gasteiger partial charge in [-0.25, -0.2) is 13.4 Å². The highest BCUT2D eigenvalue weighted by molar-refractivity contribution is 7.92. The van der Waals surface area contributed by atoms with Gasteiger partial charge in [0.05, 0.1) is 15.6 Å². The first-order valence-corrected chi connectivity index (χ1v) is 11.5. The molecule has 0 radical (unpaired) electrons. The predicted molar refractivity (Wildman–Crippen MR) is 119 cm³/mol. The molecule has 1 aromatic carbocycles. The fraction of sp³-hybridized carbons (Fsp3) is 0.190. The van der Waals surface area contributed by atoms with E-state index in [1.165, 1.54) is 36.7 Å².